The van der Waals surface area contributed by atoms with Crippen molar-refractivity contribution in [1.29, 1.82) is 0 Å². The molecule has 3 N–H and O–H groups in total. The topological polar surface area (TPSA) is 175 Å². The minimum absolute atomic E-state index is 0.0611. The van der Waals surface area contributed by atoms with Crippen molar-refractivity contribution in [2.45, 2.75) is 250 Å². The van der Waals surface area contributed by atoms with Gasteiger partial charge in [-0.2, -0.15) is 0 Å². The van der Waals surface area contributed by atoms with Crippen LogP contribution in [0.3, 0.4) is 0 Å². The summed E-state index contributed by atoms with van der Waals surface area (Å²) in [5, 5.41) is 31.3. The van der Waals surface area contributed by atoms with Crippen LogP contribution >= 0.6 is 0 Å². The molecule has 12 nitrogen and oxygen atoms in total. The normalized spacial score (nSPS) is 19.3. The van der Waals surface area contributed by atoms with Crippen LogP contribution in [0.1, 0.15) is 213 Å². The highest BCUT2D eigenvalue weighted by atomic mass is 16.7. The summed E-state index contributed by atoms with van der Waals surface area (Å²) in [5.74, 6) is -3.24. The number of hydrogen-bond donors (Lipinski definition) is 3. The number of allylic oxidation sites excluding steroid dienone is 10. The summed E-state index contributed by atoms with van der Waals surface area (Å²) in [4.78, 5) is 50.7. The van der Waals surface area contributed by atoms with Gasteiger partial charge in [-0.1, -0.05) is 184 Å². The zero-order valence-corrected chi connectivity index (χ0v) is 41.9. The molecule has 384 valence electrons. The second-order valence-electron chi connectivity index (χ2n) is 17.8. The Bertz CT molecular complexity index is 1400. The summed E-state index contributed by atoms with van der Waals surface area (Å²) in [6.07, 6.45) is 39.5. The van der Waals surface area contributed by atoms with E-state index in [1.165, 1.54) is 70.6 Å². The molecule has 0 saturated carbocycles. The van der Waals surface area contributed by atoms with E-state index in [9.17, 15) is 34.5 Å². The molecule has 6 atom stereocenters. The van der Waals surface area contributed by atoms with Crippen molar-refractivity contribution in [3.8, 4) is 0 Å². The Morgan fingerprint density at radius 1 is 0.507 bits per heavy atom. The predicted octanol–water partition coefficient (Wildman–Crippen LogP) is 12.4. The molecule has 0 aromatic carbocycles. The first-order chi connectivity index (χ1) is 32.6. The van der Waals surface area contributed by atoms with Crippen LogP contribution in [0.4, 0.5) is 0 Å². The minimum Gasteiger partial charge on any atom is -0.479 e. The quantitative estimate of drug-likeness (QED) is 0.0229. The molecule has 1 aliphatic rings. The minimum atomic E-state index is -1.92. The summed E-state index contributed by atoms with van der Waals surface area (Å²) < 4.78 is 28.1. The van der Waals surface area contributed by atoms with E-state index in [1.807, 2.05) is 18.2 Å². The van der Waals surface area contributed by atoms with E-state index in [-0.39, 0.29) is 25.9 Å². The Morgan fingerprint density at radius 3 is 1.49 bits per heavy atom. The predicted molar refractivity (Wildman–Crippen MR) is 266 cm³/mol. The van der Waals surface area contributed by atoms with E-state index in [0.717, 1.165) is 77.0 Å². The standard InChI is InChI=1S/C55H92O12/c1-4-7-10-13-16-19-21-23-24-26-27-30-32-35-38-41-47(56)63-44-46(65-48(57)42-39-36-33-29-18-15-12-9-6-3)45-64-55-53(51(60)50(59)52(67-55)54(61)62)66-49(58)43-40-37-34-31-28-25-22-20-17-14-11-8-5-2/h8,11,17,20,23-25,28,34,37,46,50-53,55,59-60H,4-7,9-10,12-16,18-19,21-22,26-27,29-33,35-36,38-45H2,1-3H3,(H,61,62)/b11-8-,20-17-,24-23-,28-25-,37-34-. The Morgan fingerprint density at radius 2 is 0.970 bits per heavy atom. The summed E-state index contributed by atoms with van der Waals surface area (Å²) in [6.45, 7) is 5.78. The summed E-state index contributed by atoms with van der Waals surface area (Å²) in [7, 11) is 0. The van der Waals surface area contributed by atoms with Crippen molar-refractivity contribution < 1.29 is 58.2 Å². The van der Waals surface area contributed by atoms with Gasteiger partial charge in [-0.25, -0.2) is 4.79 Å². The molecule has 1 aliphatic heterocycles. The molecular formula is C55H92O12. The van der Waals surface area contributed by atoms with E-state index in [1.54, 1.807) is 0 Å². The third-order valence-corrected chi connectivity index (χ3v) is 11.6. The van der Waals surface area contributed by atoms with E-state index in [2.05, 4.69) is 63.3 Å². The summed E-state index contributed by atoms with van der Waals surface area (Å²) in [5.41, 5.74) is 0. The maximum atomic E-state index is 13.0. The van der Waals surface area contributed by atoms with Gasteiger partial charge in [-0.3, -0.25) is 14.4 Å². The number of ether oxygens (including phenoxy) is 5. The van der Waals surface area contributed by atoms with Crippen LogP contribution in [-0.2, 0) is 42.9 Å². The van der Waals surface area contributed by atoms with Crippen molar-refractivity contribution in [3.63, 3.8) is 0 Å². The molecule has 1 heterocycles. The Kier molecular flexibility index (Phi) is 40.1. The number of aliphatic hydroxyl groups excluding tert-OH is 2. The molecule has 0 bridgehead atoms. The number of esters is 3. The third-order valence-electron chi connectivity index (χ3n) is 11.6. The SMILES string of the molecule is CC/C=C\C/C=C\C/C=C\C/C=C\CCC(=O)OC1C(OCC(COC(=O)CCCCCCC/C=C\CCCCCCCC)OC(=O)CCCCCCCCCCC)OC(C(=O)O)C(O)C1O. The first-order valence-electron chi connectivity index (χ1n) is 26.3. The average molecular weight is 945 g/mol. The van der Waals surface area contributed by atoms with Gasteiger partial charge >= 0.3 is 23.9 Å². The lowest BCUT2D eigenvalue weighted by atomic mass is 9.98. The molecule has 0 amide bonds. The lowest BCUT2D eigenvalue weighted by Crippen LogP contribution is -2.61. The number of unbranched alkanes of at least 4 members (excludes halogenated alkanes) is 19. The number of aliphatic carboxylic acids is 1. The van der Waals surface area contributed by atoms with Gasteiger partial charge < -0.3 is 39.0 Å². The molecule has 0 radical (unpaired) electrons. The fraction of sp³-hybridized carbons (Fsp3) is 0.745. The molecule has 0 aromatic rings. The van der Waals surface area contributed by atoms with Gasteiger partial charge in [0.2, 0.25) is 0 Å². The summed E-state index contributed by atoms with van der Waals surface area (Å²) in [6, 6.07) is 0. The van der Waals surface area contributed by atoms with Crippen LogP contribution in [0.15, 0.2) is 60.8 Å². The van der Waals surface area contributed by atoms with Gasteiger partial charge in [0, 0.05) is 19.3 Å². The second-order valence-corrected chi connectivity index (χ2v) is 17.8. The van der Waals surface area contributed by atoms with Crippen LogP contribution in [0.2, 0.25) is 0 Å². The molecule has 1 saturated heterocycles. The number of carbonyl (C=O) groups excluding carboxylic acids is 3. The van der Waals surface area contributed by atoms with Gasteiger partial charge in [-0.05, 0) is 70.6 Å². The highest BCUT2D eigenvalue weighted by molar-refractivity contribution is 5.74. The number of carboxylic acids is 1. The fourth-order valence-corrected chi connectivity index (χ4v) is 7.55. The monoisotopic (exact) mass is 945 g/mol. The van der Waals surface area contributed by atoms with Crippen LogP contribution < -0.4 is 0 Å². The van der Waals surface area contributed by atoms with Gasteiger partial charge in [0.1, 0.15) is 18.8 Å². The maximum absolute atomic E-state index is 13.0. The Hall–Kier alpha value is -3.58. The van der Waals surface area contributed by atoms with Gasteiger partial charge in [0.25, 0.3) is 0 Å². The Balaban J connectivity index is 2.75. The second kappa shape index (κ2) is 43.7. The van der Waals surface area contributed by atoms with Crippen LogP contribution in [-0.4, -0.2) is 89.2 Å². The zero-order chi connectivity index (χ0) is 49.0. The van der Waals surface area contributed by atoms with Crippen LogP contribution in [0.5, 0.6) is 0 Å². The number of carboxylic acid groups (broad SMARTS) is 1. The first-order valence-corrected chi connectivity index (χ1v) is 26.3. The molecule has 0 aromatic heterocycles. The van der Waals surface area contributed by atoms with E-state index >= 15 is 0 Å². The largest absolute Gasteiger partial charge is 0.479 e. The number of hydrogen-bond acceptors (Lipinski definition) is 11. The zero-order valence-electron chi connectivity index (χ0n) is 41.9. The molecule has 67 heavy (non-hydrogen) atoms. The smallest absolute Gasteiger partial charge is 0.335 e. The van der Waals surface area contributed by atoms with Crippen molar-refractivity contribution in [1.82, 2.24) is 0 Å². The van der Waals surface area contributed by atoms with Gasteiger partial charge in [0.15, 0.2) is 24.6 Å². The molecule has 1 fully saturated rings. The Labute approximate surface area is 405 Å². The molecular weight excluding hydrogens is 853 g/mol. The van der Waals surface area contributed by atoms with E-state index in [4.69, 9.17) is 23.7 Å². The van der Waals surface area contributed by atoms with Crippen molar-refractivity contribution >= 4 is 23.9 Å². The van der Waals surface area contributed by atoms with Crippen LogP contribution in [0.25, 0.3) is 0 Å². The molecule has 12 heteroatoms. The number of rotatable bonds is 43. The first kappa shape index (κ1) is 61.4. The van der Waals surface area contributed by atoms with Crippen molar-refractivity contribution in [2.75, 3.05) is 13.2 Å². The highest BCUT2D eigenvalue weighted by Crippen LogP contribution is 2.26. The molecule has 0 spiro atoms. The van der Waals surface area contributed by atoms with Crippen LogP contribution in [0, 0.1) is 0 Å². The number of carbonyl (C=O) groups is 4. The van der Waals surface area contributed by atoms with Crippen molar-refractivity contribution in [3.05, 3.63) is 60.8 Å². The number of aliphatic hydroxyl groups is 2. The summed E-state index contributed by atoms with van der Waals surface area (Å²) >= 11 is 0. The molecule has 6 unspecified atom stereocenters. The highest BCUT2D eigenvalue weighted by Gasteiger charge is 2.50. The lowest BCUT2D eigenvalue weighted by Gasteiger charge is -2.40. The van der Waals surface area contributed by atoms with E-state index in [0.29, 0.717) is 25.7 Å². The average Bonchev–Trinajstić information content (AvgIpc) is 3.31. The third kappa shape index (κ3) is 34.4. The maximum Gasteiger partial charge on any atom is 0.335 e. The van der Waals surface area contributed by atoms with Crippen molar-refractivity contribution in [2.24, 2.45) is 0 Å². The fourth-order valence-electron chi connectivity index (χ4n) is 7.55. The molecule has 1 rings (SSSR count). The van der Waals surface area contributed by atoms with E-state index < -0.39 is 67.3 Å². The molecule has 0 aliphatic carbocycles. The lowest BCUT2D eigenvalue weighted by molar-refractivity contribution is -0.301. The van der Waals surface area contributed by atoms with Gasteiger partial charge in [-0.15, -0.1) is 0 Å². The van der Waals surface area contributed by atoms with Gasteiger partial charge in [0.05, 0.1) is 6.61 Å².